The molecule has 0 aromatic heterocycles. The molecule has 1 aromatic rings. The summed E-state index contributed by atoms with van der Waals surface area (Å²) in [6, 6.07) is 4.11. The lowest BCUT2D eigenvalue weighted by molar-refractivity contribution is 0.0698. The molecule has 7 nitrogen and oxygen atoms in total. The summed E-state index contributed by atoms with van der Waals surface area (Å²) in [7, 11) is -2.33. The van der Waals surface area contributed by atoms with Crippen molar-refractivity contribution in [3.8, 4) is 0 Å². The Morgan fingerprint density at radius 2 is 2.24 bits per heavy atom. The third kappa shape index (κ3) is 3.45. The van der Waals surface area contributed by atoms with Crippen molar-refractivity contribution in [2.75, 3.05) is 29.4 Å². The summed E-state index contributed by atoms with van der Waals surface area (Å²) in [5.41, 5.74) is 5.77. The molecule has 1 aromatic carbocycles. The monoisotopic (exact) mass is 314 g/mol. The van der Waals surface area contributed by atoms with Gasteiger partial charge in [-0.25, -0.2) is 13.2 Å². The Morgan fingerprint density at radius 1 is 1.52 bits per heavy atom. The Kier molecular flexibility index (Phi) is 4.38. The topological polar surface area (TPSA) is 110 Å². The first kappa shape index (κ1) is 15.6. The Morgan fingerprint density at radius 3 is 2.81 bits per heavy atom. The van der Waals surface area contributed by atoms with Crippen molar-refractivity contribution in [2.24, 2.45) is 0 Å². The minimum absolute atomic E-state index is 0.0923. The van der Waals surface area contributed by atoms with E-state index in [-0.39, 0.29) is 28.8 Å². The molecule has 2 rings (SSSR count). The van der Waals surface area contributed by atoms with Gasteiger partial charge in [0.2, 0.25) is 10.0 Å². The Hall–Kier alpha value is -1.80. The number of nitrogen functional groups attached to an aromatic ring is 1. The van der Waals surface area contributed by atoms with Gasteiger partial charge in [0.1, 0.15) is 0 Å². The Balaban J connectivity index is 2.30. The highest BCUT2D eigenvalue weighted by Gasteiger charge is 2.28. The van der Waals surface area contributed by atoms with Crippen LogP contribution in [0, 0.1) is 0 Å². The van der Waals surface area contributed by atoms with Gasteiger partial charge in [-0.15, -0.1) is 0 Å². The number of carbonyl (C=O) groups is 1. The highest BCUT2D eigenvalue weighted by Crippen LogP contribution is 2.26. The Bertz CT molecular complexity index is 638. The summed E-state index contributed by atoms with van der Waals surface area (Å²) in [5, 5.41) is 9.19. The van der Waals surface area contributed by atoms with E-state index in [0.29, 0.717) is 13.0 Å². The summed E-state index contributed by atoms with van der Waals surface area (Å²) >= 11 is 0. The van der Waals surface area contributed by atoms with Gasteiger partial charge in [0.15, 0.2) is 0 Å². The number of sulfonamides is 1. The van der Waals surface area contributed by atoms with E-state index in [9.17, 15) is 18.3 Å². The van der Waals surface area contributed by atoms with Crippen LogP contribution >= 0.6 is 0 Å². The van der Waals surface area contributed by atoms with Crippen molar-refractivity contribution < 1.29 is 23.1 Å². The smallest absolute Gasteiger partial charge is 0.337 e. The fraction of sp³-hybridized carbons (Fsp3) is 0.462. The van der Waals surface area contributed by atoms with E-state index in [1.165, 1.54) is 25.2 Å². The van der Waals surface area contributed by atoms with Crippen LogP contribution in [-0.4, -0.2) is 45.0 Å². The van der Waals surface area contributed by atoms with E-state index >= 15 is 0 Å². The molecule has 0 saturated carbocycles. The zero-order chi connectivity index (χ0) is 15.6. The summed E-state index contributed by atoms with van der Waals surface area (Å²) in [5.74, 6) is -1.39. The maximum atomic E-state index is 12.4. The molecule has 1 aliphatic heterocycles. The second kappa shape index (κ2) is 5.90. The molecule has 1 fully saturated rings. The van der Waals surface area contributed by atoms with Crippen LogP contribution in [0.4, 0.5) is 11.4 Å². The zero-order valence-corrected chi connectivity index (χ0v) is 12.5. The van der Waals surface area contributed by atoms with Crippen molar-refractivity contribution in [2.45, 2.75) is 18.9 Å². The van der Waals surface area contributed by atoms with Gasteiger partial charge < -0.3 is 15.6 Å². The molecular formula is C13H18N2O5S. The number of carboxylic acids is 1. The first-order valence-corrected chi connectivity index (χ1v) is 8.13. The summed E-state index contributed by atoms with van der Waals surface area (Å²) in [6.07, 6.45) is 1.20. The van der Waals surface area contributed by atoms with Gasteiger partial charge in [-0.05, 0) is 31.0 Å². The van der Waals surface area contributed by atoms with Gasteiger partial charge in [-0.2, -0.15) is 0 Å². The van der Waals surface area contributed by atoms with E-state index in [0.717, 1.165) is 10.7 Å². The third-order valence-corrected chi connectivity index (χ3v) is 5.25. The average molecular weight is 314 g/mol. The number of anilines is 2. The number of aromatic carboxylic acids is 1. The lowest BCUT2D eigenvalue weighted by Gasteiger charge is -2.23. The Labute approximate surface area is 123 Å². The van der Waals surface area contributed by atoms with Crippen LogP contribution in [0.15, 0.2) is 18.2 Å². The number of benzene rings is 1. The number of ether oxygens (including phenoxy) is 1. The molecule has 0 bridgehead atoms. The second-order valence-electron chi connectivity index (χ2n) is 4.96. The molecule has 1 aliphatic rings. The van der Waals surface area contributed by atoms with E-state index in [4.69, 9.17) is 10.5 Å². The van der Waals surface area contributed by atoms with Crippen LogP contribution in [0.1, 0.15) is 23.2 Å². The van der Waals surface area contributed by atoms with Crippen LogP contribution in [0.5, 0.6) is 0 Å². The molecule has 1 heterocycles. The summed E-state index contributed by atoms with van der Waals surface area (Å²) in [6.45, 7) is 0.562. The van der Waals surface area contributed by atoms with Crippen molar-refractivity contribution in [1.82, 2.24) is 0 Å². The van der Waals surface area contributed by atoms with Gasteiger partial charge >= 0.3 is 5.97 Å². The van der Waals surface area contributed by atoms with Crippen LogP contribution in [0.25, 0.3) is 0 Å². The molecule has 3 N–H and O–H groups in total. The normalized spacial score (nSPS) is 18.6. The molecular weight excluding hydrogens is 296 g/mol. The first-order chi connectivity index (χ1) is 9.81. The maximum absolute atomic E-state index is 12.4. The van der Waals surface area contributed by atoms with E-state index in [1.807, 2.05) is 0 Å². The number of nitrogens with two attached hydrogens (primary N) is 1. The molecule has 1 saturated heterocycles. The lowest BCUT2D eigenvalue weighted by Crippen LogP contribution is -2.34. The minimum atomic E-state index is -3.66. The van der Waals surface area contributed by atoms with Gasteiger partial charge in [-0.3, -0.25) is 4.31 Å². The van der Waals surface area contributed by atoms with Crippen LogP contribution in [-0.2, 0) is 14.8 Å². The molecule has 0 radical (unpaired) electrons. The highest BCUT2D eigenvalue weighted by atomic mass is 32.2. The quantitative estimate of drug-likeness (QED) is 0.782. The maximum Gasteiger partial charge on any atom is 0.337 e. The number of hydrogen-bond donors (Lipinski definition) is 2. The van der Waals surface area contributed by atoms with Crippen LogP contribution in [0.3, 0.4) is 0 Å². The third-order valence-electron chi connectivity index (χ3n) is 3.43. The SMILES string of the molecule is CN(c1ccc(N)cc1C(=O)O)S(=O)(=O)CC1CCCO1. The molecule has 116 valence electrons. The fourth-order valence-corrected chi connectivity index (χ4v) is 3.69. The van der Waals surface area contributed by atoms with Crippen LogP contribution < -0.4 is 10.0 Å². The van der Waals surface area contributed by atoms with Gasteiger partial charge in [-0.1, -0.05) is 0 Å². The standard InChI is InChI=1S/C13H18N2O5S/c1-15(21(18,19)8-10-3-2-6-20-10)12-5-4-9(14)7-11(12)13(16)17/h4-5,7,10H,2-3,6,8,14H2,1H3,(H,16,17). The first-order valence-electron chi connectivity index (χ1n) is 6.52. The second-order valence-corrected chi connectivity index (χ2v) is 7.01. The molecule has 8 heteroatoms. The minimum Gasteiger partial charge on any atom is -0.478 e. The fourth-order valence-electron chi connectivity index (χ4n) is 2.27. The zero-order valence-electron chi connectivity index (χ0n) is 11.7. The van der Waals surface area contributed by atoms with Gasteiger partial charge in [0.25, 0.3) is 0 Å². The van der Waals surface area contributed by atoms with E-state index in [2.05, 4.69) is 0 Å². The van der Waals surface area contributed by atoms with Crippen molar-refractivity contribution in [1.29, 1.82) is 0 Å². The highest BCUT2D eigenvalue weighted by molar-refractivity contribution is 7.92. The van der Waals surface area contributed by atoms with Crippen molar-refractivity contribution in [3.63, 3.8) is 0 Å². The molecule has 1 atom stereocenters. The number of nitrogens with zero attached hydrogens (tertiary/aromatic N) is 1. The molecule has 0 aliphatic carbocycles. The predicted molar refractivity (Wildman–Crippen MR) is 79.0 cm³/mol. The largest absolute Gasteiger partial charge is 0.478 e. The number of carboxylic acid groups (broad SMARTS) is 1. The summed E-state index contributed by atoms with van der Waals surface area (Å²) in [4.78, 5) is 11.2. The van der Waals surface area contributed by atoms with E-state index < -0.39 is 16.0 Å². The predicted octanol–water partition coefficient (Wildman–Crippen LogP) is 0.912. The van der Waals surface area contributed by atoms with Crippen LogP contribution in [0.2, 0.25) is 0 Å². The number of rotatable bonds is 5. The van der Waals surface area contributed by atoms with E-state index in [1.54, 1.807) is 0 Å². The van der Waals surface area contributed by atoms with Gasteiger partial charge in [0.05, 0.1) is 23.1 Å². The summed E-state index contributed by atoms with van der Waals surface area (Å²) < 4.78 is 31.1. The average Bonchev–Trinajstić information content (AvgIpc) is 2.89. The number of hydrogen-bond acceptors (Lipinski definition) is 5. The van der Waals surface area contributed by atoms with Crippen molar-refractivity contribution >= 4 is 27.4 Å². The molecule has 21 heavy (non-hydrogen) atoms. The molecule has 0 spiro atoms. The lowest BCUT2D eigenvalue weighted by atomic mass is 10.1. The van der Waals surface area contributed by atoms with Gasteiger partial charge in [0, 0.05) is 19.3 Å². The molecule has 0 amide bonds. The van der Waals surface area contributed by atoms with Crippen molar-refractivity contribution in [3.05, 3.63) is 23.8 Å². The molecule has 1 unspecified atom stereocenters.